The van der Waals surface area contributed by atoms with Crippen molar-refractivity contribution in [2.24, 2.45) is 5.10 Å². The first-order chi connectivity index (χ1) is 19.8. The van der Waals surface area contributed by atoms with Crippen molar-refractivity contribution < 1.29 is 23.1 Å². The van der Waals surface area contributed by atoms with E-state index < -0.39 is 23.7 Å². The van der Waals surface area contributed by atoms with Gasteiger partial charge in [-0.1, -0.05) is 36.4 Å². The summed E-state index contributed by atoms with van der Waals surface area (Å²) in [6.45, 7) is 7.18. The minimum atomic E-state index is -0.637. The molecule has 0 spiro atoms. The summed E-state index contributed by atoms with van der Waals surface area (Å²) in [5.41, 5.74) is 4.55. The van der Waals surface area contributed by atoms with Crippen LogP contribution < -0.4 is 0 Å². The lowest BCUT2D eigenvalue weighted by Gasteiger charge is -2.31. The first kappa shape index (κ1) is 28.6. The predicted molar refractivity (Wildman–Crippen MR) is 153 cm³/mol. The van der Waals surface area contributed by atoms with Crippen molar-refractivity contribution >= 4 is 17.5 Å². The Morgan fingerprint density at radius 2 is 1.71 bits per heavy atom. The van der Waals surface area contributed by atoms with Crippen molar-refractivity contribution in [1.29, 1.82) is 0 Å². The molecule has 0 bridgehead atoms. The molecule has 2 aliphatic rings. The van der Waals surface area contributed by atoms with Crippen molar-refractivity contribution in [3.05, 3.63) is 106 Å². The van der Waals surface area contributed by atoms with Crippen LogP contribution in [0.4, 0.5) is 8.78 Å². The average Bonchev–Trinajstić information content (AvgIpc) is 3.43. The number of nitrogens with zero attached hydrogens (tertiary/aromatic N) is 4. The maximum absolute atomic E-state index is 14.6. The Bertz CT molecular complexity index is 1440. The van der Waals surface area contributed by atoms with Crippen LogP contribution in [-0.2, 0) is 9.53 Å². The standard InChI is InChI=1S/C32H34F2N4O3/c1-22-7-8-25(19-23(22)2)29-20-30(24-9-11-26(33)12-10-24)38(35-29)31(39)21-37(14-13-36-15-17-41-18-16-36)32(40)27-5-3-4-6-28(27)34/h3-12,19,30H,13-18,20-21H2,1-2H3. The minimum absolute atomic E-state index is 0.0851. The molecule has 7 nitrogen and oxygen atoms in total. The maximum Gasteiger partial charge on any atom is 0.262 e. The van der Waals surface area contributed by atoms with Crippen molar-refractivity contribution in [1.82, 2.24) is 14.8 Å². The topological polar surface area (TPSA) is 65.5 Å². The number of halogens is 2. The Kier molecular flexibility index (Phi) is 8.85. The van der Waals surface area contributed by atoms with Crippen LogP contribution in [-0.4, -0.2) is 78.3 Å². The third kappa shape index (κ3) is 6.69. The summed E-state index contributed by atoms with van der Waals surface area (Å²) in [6.07, 6.45) is 0.439. The van der Waals surface area contributed by atoms with Crippen molar-refractivity contribution in [3.63, 3.8) is 0 Å². The fraction of sp³-hybridized carbons (Fsp3) is 0.344. The summed E-state index contributed by atoms with van der Waals surface area (Å²) in [5.74, 6) is -1.96. The zero-order valence-electron chi connectivity index (χ0n) is 23.4. The molecule has 2 amide bonds. The number of carbonyl (C=O) groups excluding carboxylic acids is 2. The van der Waals surface area contributed by atoms with E-state index in [4.69, 9.17) is 9.84 Å². The van der Waals surface area contributed by atoms with Gasteiger partial charge in [0.1, 0.15) is 18.2 Å². The van der Waals surface area contributed by atoms with E-state index in [-0.39, 0.29) is 24.5 Å². The lowest BCUT2D eigenvalue weighted by atomic mass is 9.96. The highest BCUT2D eigenvalue weighted by atomic mass is 19.1. The quantitative estimate of drug-likeness (QED) is 0.400. The van der Waals surface area contributed by atoms with Crippen molar-refractivity contribution in [2.45, 2.75) is 26.3 Å². The SMILES string of the molecule is Cc1ccc(C2=NN(C(=O)CN(CCN3CCOCC3)C(=O)c3ccccc3F)C(c3ccc(F)cc3)C2)cc1C. The van der Waals surface area contributed by atoms with Gasteiger partial charge in [0.25, 0.3) is 11.8 Å². The van der Waals surface area contributed by atoms with Crippen LogP contribution in [0.5, 0.6) is 0 Å². The van der Waals surface area contributed by atoms with Gasteiger partial charge in [-0.05, 0) is 66.4 Å². The van der Waals surface area contributed by atoms with Crippen LogP contribution in [0, 0.1) is 25.5 Å². The number of benzene rings is 3. The van der Waals surface area contributed by atoms with Gasteiger partial charge in [0.05, 0.1) is 30.5 Å². The fourth-order valence-electron chi connectivity index (χ4n) is 5.16. The van der Waals surface area contributed by atoms with E-state index in [0.29, 0.717) is 26.2 Å². The third-order valence-electron chi connectivity index (χ3n) is 7.77. The van der Waals surface area contributed by atoms with E-state index in [1.165, 1.54) is 40.2 Å². The van der Waals surface area contributed by atoms with Gasteiger partial charge in [0.15, 0.2) is 0 Å². The van der Waals surface area contributed by atoms with E-state index >= 15 is 0 Å². The summed E-state index contributed by atoms with van der Waals surface area (Å²) < 4.78 is 33.8. The molecule has 0 saturated carbocycles. The van der Waals surface area contributed by atoms with Gasteiger partial charge in [-0.2, -0.15) is 5.10 Å². The summed E-state index contributed by atoms with van der Waals surface area (Å²) in [4.78, 5) is 31.0. The normalized spacial score (nSPS) is 17.4. The predicted octanol–water partition coefficient (Wildman–Crippen LogP) is 4.73. The molecule has 2 aliphatic heterocycles. The second-order valence-electron chi connectivity index (χ2n) is 10.5. The number of amides is 2. The second-order valence-corrected chi connectivity index (χ2v) is 10.5. The second kappa shape index (κ2) is 12.7. The number of rotatable bonds is 8. The number of aryl methyl sites for hydroxylation is 2. The molecule has 214 valence electrons. The van der Waals surface area contributed by atoms with E-state index in [0.717, 1.165) is 41.1 Å². The number of hydrogen-bond donors (Lipinski definition) is 0. The molecule has 9 heteroatoms. The van der Waals surface area contributed by atoms with Gasteiger partial charge < -0.3 is 9.64 Å². The molecule has 1 unspecified atom stereocenters. The molecule has 5 rings (SSSR count). The lowest BCUT2D eigenvalue weighted by molar-refractivity contribution is -0.133. The highest BCUT2D eigenvalue weighted by molar-refractivity contribution is 6.04. The number of carbonyl (C=O) groups is 2. The summed E-state index contributed by atoms with van der Waals surface area (Å²) in [6, 6.07) is 17.4. The molecular formula is C32H34F2N4O3. The molecule has 0 aliphatic carbocycles. The third-order valence-corrected chi connectivity index (χ3v) is 7.77. The molecular weight excluding hydrogens is 526 g/mol. The molecule has 1 atom stereocenters. The summed E-state index contributed by atoms with van der Waals surface area (Å²) in [5, 5.41) is 6.13. The highest BCUT2D eigenvalue weighted by Crippen LogP contribution is 2.33. The molecule has 0 aromatic heterocycles. The van der Waals surface area contributed by atoms with Crippen LogP contribution >= 0.6 is 0 Å². The minimum Gasteiger partial charge on any atom is -0.379 e. The van der Waals surface area contributed by atoms with Gasteiger partial charge >= 0.3 is 0 Å². The van der Waals surface area contributed by atoms with Gasteiger partial charge in [-0.25, -0.2) is 13.8 Å². The molecule has 1 saturated heterocycles. The Hall–Kier alpha value is -3.95. The summed E-state index contributed by atoms with van der Waals surface area (Å²) >= 11 is 0. The first-order valence-corrected chi connectivity index (χ1v) is 13.9. The number of morpholine rings is 1. The summed E-state index contributed by atoms with van der Waals surface area (Å²) in [7, 11) is 0. The van der Waals surface area contributed by atoms with Crippen molar-refractivity contribution in [3.8, 4) is 0 Å². The Balaban J connectivity index is 1.43. The Labute approximate surface area is 239 Å². The molecule has 3 aromatic rings. The van der Waals surface area contributed by atoms with Gasteiger partial charge in [-0.15, -0.1) is 0 Å². The lowest BCUT2D eigenvalue weighted by Crippen LogP contribution is -2.46. The monoisotopic (exact) mass is 560 g/mol. The number of ether oxygens (including phenoxy) is 1. The van der Waals surface area contributed by atoms with Crippen LogP contribution in [0.3, 0.4) is 0 Å². The van der Waals surface area contributed by atoms with Crippen LogP contribution in [0.1, 0.15) is 45.1 Å². The molecule has 3 aromatic carbocycles. The van der Waals surface area contributed by atoms with Gasteiger partial charge in [0.2, 0.25) is 0 Å². The van der Waals surface area contributed by atoms with Crippen LogP contribution in [0.25, 0.3) is 0 Å². The molecule has 0 N–H and O–H groups in total. The zero-order chi connectivity index (χ0) is 28.9. The van der Waals surface area contributed by atoms with Crippen LogP contribution in [0.15, 0.2) is 71.8 Å². The first-order valence-electron chi connectivity index (χ1n) is 13.9. The van der Waals surface area contributed by atoms with Crippen LogP contribution in [0.2, 0.25) is 0 Å². The highest BCUT2D eigenvalue weighted by Gasteiger charge is 2.35. The fourth-order valence-corrected chi connectivity index (χ4v) is 5.16. The van der Waals surface area contributed by atoms with E-state index in [2.05, 4.69) is 4.90 Å². The zero-order valence-corrected chi connectivity index (χ0v) is 23.4. The van der Waals surface area contributed by atoms with E-state index in [9.17, 15) is 18.4 Å². The largest absolute Gasteiger partial charge is 0.379 e. The molecule has 0 radical (unpaired) electrons. The number of hydrogen-bond acceptors (Lipinski definition) is 5. The number of hydrazone groups is 1. The van der Waals surface area contributed by atoms with Gasteiger partial charge in [-0.3, -0.25) is 14.5 Å². The molecule has 2 heterocycles. The van der Waals surface area contributed by atoms with E-state index in [1.54, 1.807) is 18.2 Å². The van der Waals surface area contributed by atoms with Crippen molar-refractivity contribution in [2.75, 3.05) is 45.9 Å². The molecule has 41 heavy (non-hydrogen) atoms. The average molecular weight is 561 g/mol. The Morgan fingerprint density at radius 1 is 0.976 bits per heavy atom. The van der Waals surface area contributed by atoms with E-state index in [1.807, 2.05) is 32.0 Å². The Morgan fingerprint density at radius 3 is 2.41 bits per heavy atom. The molecule has 1 fully saturated rings. The maximum atomic E-state index is 14.6. The smallest absolute Gasteiger partial charge is 0.262 e. The van der Waals surface area contributed by atoms with Gasteiger partial charge in [0, 0.05) is 32.6 Å².